The van der Waals surface area contributed by atoms with E-state index in [9.17, 15) is 9.59 Å². The van der Waals surface area contributed by atoms with Crippen LogP contribution in [-0.4, -0.2) is 34.0 Å². The van der Waals surface area contributed by atoms with Crippen molar-refractivity contribution in [3.05, 3.63) is 83.2 Å². The highest BCUT2D eigenvalue weighted by Gasteiger charge is 2.40. The molecule has 1 unspecified atom stereocenters. The maximum absolute atomic E-state index is 12.9. The van der Waals surface area contributed by atoms with Gasteiger partial charge in [0.15, 0.2) is 0 Å². The maximum Gasteiger partial charge on any atom is 0.262 e. The summed E-state index contributed by atoms with van der Waals surface area (Å²) in [7, 11) is 1.61. The summed E-state index contributed by atoms with van der Waals surface area (Å²) in [5.74, 6) is 0.213. The highest BCUT2D eigenvalue weighted by molar-refractivity contribution is 6.21. The highest BCUT2D eigenvalue weighted by Crippen LogP contribution is 2.33. The molecule has 1 atom stereocenters. The first-order chi connectivity index (χ1) is 12.7. The van der Waals surface area contributed by atoms with Crippen LogP contribution >= 0.6 is 0 Å². The molecule has 0 fully saturated rings. The van der Waals surface area contributed by atoms with Gasteiger partial charge in [0.25, 0.3) is 11.8 Å². The van der Waals surface area contributed by atoms with Crippen LogP contribution in [0.5, 0.6) is 5.75 Å². The molecule has 0 radical (unpaired) electrons. The number of ether oxygens (including phenoxy) is 1. The molecule has 0 bridgehead atoms. The number of amides is 2. The first-order valence-electron chi connectivity index (χ1n) is 8.27. The minimum atomic E-state index is -0.436. The zero-order valence-electron chi connectivity index (χ0n) is 14.2. The number of nitrogens with zero attached hydrogens (tertiary/aromatic N) is 2. The second kappa shape index (κ2) is 6.48. The molecule has 2 aromatic carbocycles. The van der Waals surface area contributed by atoms with Gasteiger partial charge in [-0.25, -0.2) is 0 Å². The van der Waals surface area contributed by atoms with Gasteiger partial charge in [0.1, 0.15) is 5.75 Å². The van der Waals surface area contributed by atoms with Crippen LogP contribution in [-0.2, 0) is 6.42 Å². The van der Waals surface area contributed by atoms with Crippen LogP contribution in [0.25, 0.3) is 0 Å². The molecule has 1 N–H and O–H groups in total. The smallest absolute Gasteiger partial charge is 0.262 e. The van der Waals surface area contributed by atoms with Crippen molar-refractivity contribution in [3.63, 3.8) is 0 Å². The van der Waals surface area contributed by atoms with Crippen molar-refractivity contribution in [1.29, 1.82) is 0 Å². The summed E-state index contributed by atoms with van der Waals surface area (Å²) in [4.78, 5) is 27.1. The van der Waals surface area contributed by atoms with E-state index in [1.165, 1.54) is 4.90 Å². The molecule has 130 valence electrons. The molecule has 6 heteroatoms. The van der Waals surface area contributed by atoms with Crippen LogP contribution in [0.2, 0.25) is 0 Å². The van der Waals surface area contributed by atoms with E-state index in [2.05, 4.69) is 10.2 Å². The third-order valence-electron chi connectivity index (χ3n) is 4.63. The Bertz CT molecular complexity index is 914. The van der Waals surface area contributed by atoms with E-state index in [1.54, 1.807) is 43.8 Å². The van der Waals surface area contributed by atoms with E-state index >= 15 is 0 Å². The molecule has 3 aromatic rings. The number of carbonyl (C=O) groups excluding carboxylic acids is 2. The molecule has 2 amide bonds. The predicted molar refractivity (Wildman–Crippen MR) is 95.0 cm³/mol. The van der Waals surface area contributed by atoms with E-state index in [-0.39, 0.29) is 11.8 Å². The Hall–Kier alpha value is -3.41. The number of aromatic amines is 1. The zero-order valence-corrected chi connectivity index (χ0v) is 14.2. The van der Waals surface area contributed by atoms with Crippen LogP contribution in [0.3, 0.4) is 0 Å². The minimum Gasteiger partial charge on any atom is -0.497 e. The van der Waals surface area contributed by atoms with Crippen molar-refractivity contribution in [1.82, 2.24) is 15.1 Å². The number of hydrogen-bond acceptors (Lipinski definition) is 4. The standard InChI is InChI=1S/C20H17N3O3/c1-26-15-8-6-13(7-9-15)10-18(14-11-21-22-12-14)23-19(24)16-4-2-3-5-17(16)20(23)25/h2-9,11-12,18H,10H2,1H3,(H,21,22). The largest absolute Gasteiger partial charge is 0.497 e. The van der Waals surface area contributed by atoms with E-state index in [0.717, 1.165) is 16.9 Å². The Morgan fingerprint density at radius 2 is 1.69 bits per heavy atom. The summed E-state index contributed by atoms with van der Waals surface area (Å²) < 4.78 is 5.19. The fraction of sp³-hybridized carbons (Fsp3) is 0.150. The summed E-state index contributed by atoms with van der Waals surface area (Å²) in [6.07, 6.45) is 3.87. The molecule has 1 aliphatic rings. The second-order valence-electron chi connectivity index (χ2n) is 6.13. The van der Waals surface area contributed by atoms with Crippen molar-refractivity contribution >= 4 is 11.8 Å². The average molecular weight is 347 g/mol. The lowest BCUT2D eigenvalue weighted by atomic mass is 9.99. The molecule has 4 rings (SSSR count). The van der Waals surface area contributed by atoms with Crippen LogP contribution in [0.1, 0.15) is 37.9 Å². The van der Waals surface area contributed by atoms with Crippen molar-refractivity contribution < 1.29 is 14.3 Å². The van der Waals surface area contributed by atoms with Crippen molar-refractivity contribution in [2.75, 3.05) is 7.11 Å². The number of aromatic nitrogens is 2. The van der Waals surface area contributed by atoms with Gasteiger partial charge in [-0.15, -0.1) is 0 Å². The first kappa shape index (κ1) is 16.1. The third kappa shape index (κ3) is 2.65. The monoisotopic (exact) mass is 347 g/mol. The van der Waals surface area contributed by atoms with Crippen molar-refractivity contribution in [3.8, 4) is 5.75 Å². The molecule has 0 spiro atoms. The third-order valence-corrected chi connectivity index (χ3v) is 4.63. The number of benzene rings is 2. The fourth-order valence-electron chi connectivity index (χ4n) is 3.28. The number of methoxy groups -OCH3 is 1. The van der Waals surface area contributed by atoms with Crippen LogP contribution in [0.4, 0.5) is 0 Å². The topological polar surface area (TPSA) is 75.3 Å². The van der Waals surface area contributed by atoms with Gasteiger partial charge < -0.3 is 4.74 Å². The molecule has 0 aliphatic carbocycles. The van der Waals surface area contributed by atoms with Crippen LogP contribution < -0.4 is 4.74 Å². The Kier molecular flexibility index (Phi) is 4.01. The number of nitrogens with one attached hydrogen (secondary N) is 1. The first-order valence-corrected chi connectivity index (χ1v) is 8.27. The zero-order chi connectivity index (χ0) is 18.1. The Labute approximate surface area is 150 Å². The second-order valence-corrected chi connectivity index (χ2v) is 6.13. The molecule has 1 aliphatic heterocycles. The number of imide groups is 1. The van der Waals surface area contributed by atoms with Gasteiger partial charge >= 0.3 is 0 Å². The van der Waals surface area contributed by atoms with Gasteiger partial charge in [-0.1, -0.05) is 24.3 Å². The molecular weight excluding hydrogens is 330 g/mol. The number of fused-ring (bicyclic) bond motifs is 1. The molecule has 1 aromatic heterocycles. The summed E-state index contributed by atoms with van der Waals surface area (Å²) in [5, 5.41) is 6.76. The van der Waals surface area contributed by atoms with Gasteiger partial charge in [0, 0.05) is 11.8 Å². The van der Waals surface area contributed by atoms with E-state index < -0.39 is 6.04 Å². The van der Waals surface area contributed by atoms with Crippen LogP contribution in [0.15, 0.2) is 60.9 Å². The Balaban J connectivity index is 1.71. The fourth-order valence-corrected chi connectivity index (χ4v) is 3.28. The molecule has 2 heterocycles. The van der Waals surface area contributed by atoms with Gasteiger partial charge in [0.05, 0.1) is 30.5 Å². The quantitative estimate of drug-likeness (QED) is 0.720. The highest BCUT2D eigenvalue weighted by atomic mass is 16.5. The number of carbonyl (C=O) groups is 2. The molecule has 0 saturated carbocycles. The molecule has 6 nitrogen and oxygen atoms in total. The minimum absolute atomic E-state index is 0.273. The summed E-state index contributed by atoms with van der Waals surface area (Å²) in [6, 6.07) is 14.1. The lowest BCUT2D eigenvalue weighted by molar-refractivity contribution is 0.0581. The number of H-pyrrole nitrogens is 1. The molecule has 0 saturated heterocycles. The van der Waals surface area contributed by atoms with Gasteiger partial charge in [-0.3, -0.25) is 19.6 Å². The van der Waals surface area contributed by atoms with Crippen molar-refractivity contribution in [2.45, 2.75) is 12.5 Å². The van der Waals surface area contributed by atoms with E-state index in [0.29, 0.717) is 17.5 Å². The van der Waals surface area contributed by atoms with E-state index in [4.69, 9.17) is 4.74 Å². The molecular formula is C20H17N3O3. The Morgan fingerprint density at radius 1 is 1.04 bits per heavy atom. The number of hydrogen-bond donors (Lipinski definition) is 1. The Morgan fingerprint density at radius 3 is 2.23 bits per heavy atom. The lowest BCUT2D eigenvalue weighted by Gasteiger charge is -2.25. The van der Waals surface area contributed by atoms with Crippen LogP contribution in [0, 0.1) is 0 Å². The average Bonchev–Trinajstić information content (AvgIpc) is 3.29. The van der Waals surface area contributed by atoms with E-state index in [1.807, 2.05) is 24.3 Å². The normalized spacial score (nSPS) is 14.4. The predicted octanol–water partition coefficient (Wildman–Crippen LogP) is 3.00. The van der Waals surface area contributed by atoms with Crippen molar-refractivity contribution in [2.24, 2.45) is 0 Å². The summed E-state index contributed by atoms with van der Waals surface area (Å²) >= 11 is 0. The van der Waals surface area contributed by atoms with Gasteiger partial charge in [-0.05, 0) is 36.2 Å². The SMILES string of the molecule is COc1ccc(CC(c2cn[nH]c2)N2C(=O)c3ccccc3C2=O)cc1. The number of rotatable bonds is 5. The summed E-state index contributed by atoms with van der Waals surface area (Å²) in [6.45, 7) is 0. The van der Waals surface area contributed by atoms with Gasteiger partial charge in [-0.2, -0.15) is 5.10 Å². The summed E-state index contributed by atoms with van der Waals surface area (Å²) in [5.41, 5.74) is 2.67. The molecule has 26 heavy (non-hydrogen) atoms. The maximum atomic E-state index is 12.9. The van der Waals surface area contributed by atoms with Gasteiger partial charge in [0.2, 0.25) is 0 Å². The lowest BCUT2D eigenvalue weighted by Crippen LogP contribution is -2.35.